The molecule has 0 aliphatic heterocycles. The second-order valence-electron chi connectivity index (χ2n) is 3.82. The van der Waals surface area contributed by atoms with Crippen LogP contribution in [0.15, 0.2) is 12.1 Å². The molecular formula is C12H16Cl2N2O. The van der Waals surface area contributed by atoms with Crippen molar-refractivity contribution in [3.63, 3.8) is 0 Å². The Bertz CT molecular complexity index is 408. The highest BCUT2D eigenvalue weighted by Crippen LogP contribution is 2.28. The zero-order chi connectivity index (χ0) is 12.8. The summed E-state index contributed by atoms with van der Waals surface area (Å²) in [5.41, 5.74) is 1.41. The van der Waals surface area contributed by atoms with E-state index in [2.05, 4.69) is 17.6 Å². The van der Waals surface area contributed by atoms with Crippen molar-refractivity contribution >= 4 is 34.9 Å². The number of hydrogen-bond acceptors (Lipinski definition) is 1. The third-order valence-corrected chi connectivity index (χ3v) is 3.03. The molecule has 0 aliphatic rings. The van der Waals surface area contributed by atoms with Crippen molar-refractivity contribution in [1.82, 2.24) is 5.32 Å². The van der Waals surface area contributed by atoms with Gasteiger partial charge in [-0.1, -0.05) is 36.5 Å². The van der Waals surface area contributed by atoms with Gasteiger partial charge in [0.2, 0.25) is 0 Å². The lowest BCUT2D eigenvalue weighted by Gasteiger charge is -2.10. The van der Waals surface area contributed by atoms with E-state index >= 15 is 0 Å². The van der Waals surface area contributed by atoms with Gasteiger partial charge in [0.25, 0.3) is 0 Å². The van der Waals surface area contributed by atoms with E-state index in [-0.39, 0.29) is 6.03 Å². The van der Waals surface area contributed by atoms with Gasteiger partial charge in [-0.15, -0.1) is 0 Å². The van der Waals surface area contributed by atoms with Crippen LogP contribution in [0.1, 0.15) is 25.3 Å². The Labute approximate surface area is 111 Å². The van der Waals surface area contributed by atoms with Gasteiger partial charge < -0.3 is 10.6 Å². The lowest BCUT2D eigenvalue weighted by atomic mass is 10.2. The number of carbonyl (C=O) groups excluding carboxylic acids is 1. The third-order valence-electron chi connectivity index (χ3n) is 2.31. The molecule has 5 heteroatoms. The first-order valence-electron chi connectivity index (χ1n) is 5.55. The van der Waals surface area contributed by atoms with Crippen LogP contribution in [0.5, 0.6) is 0 Å². The zero-order valence-electron chi connectivity index (χ0n) is 9.94. The van der Waals surface area contributed by atoms with Crippen molar-refractivity contribution in [3.8, 4) is 0 Å². The molecule has 0 saturated heterocycles. The van der Waals surface area contributed by atoms with Crippen LogP contribution >= 0.6 is 23.2 Å². The van der Waals surface area contributed by atoms with Gasteiger partial charge in [-0.05, 0) is 31.0 Å². The average Bonchev–Trinajstić information content (AvgIpc) is 2.26. The molecular weight excluding hydrogens is 259 g/mol. The summed E-state index contributed by atoms with van der Waals surface area (Å²) in [6.07, 6.45) is 1.99. The molecule has 0 radical (unpaired) electrons. The number of amides is 2. The van der Waals surface area contributed by atoms with E-state index < -0.39 is 0 Å². The monoisotopic (exact) mass is 274 g/mol. The number of carbonyl (C=O) groups is 1. The van der Waals surface area contributed by atoms with Gasteiger partial charge in [-0.25, -0.2) is 4.79 Å². The molecule has 3 nitrogen and oxygen atoms in total. The lowest BCUT2D eigenvalue weighted by molar-refractivity contribution is 0.252. The van der Waals surface area contributed by atoms with Gasteiger partial charge in [0.15, 0.2) is 0 Å². The minimum absolute atomic E-state index is 0.264. The van der Waals surface area contributed by atoms with Crippen molar-refractivity contribution in [1.29, 1.82) is 0 Å². The molecule has 1 rings (SSSR count). The molecule has 0 aliphatic carbocycles. The fourth-order valence-electron chi connectivity index (χ4n) is 1.29. The number of anilines is 1. The number of hydrogen-bond donors (Lipinski definition) is 2. The molecule has 0 spiro atoms. The summed E-state index contributed by atoms with van der Waals surface area (Å²) in [5, 5.41) is 6.48. The van der Waals surface area contributed by atoms with Crippen LogP contribution < -0.4 is 10.6 Å². The molecule has 0 atom stereocenters. The summed E-state index contributed by atoms with van der Waals surface area (Å²) in [6, 6.07) is 3.12. The maximum atomic E-state index is 11.5. The summed E-state index contributed by atoms with van der Waals surface area (Å²) in [7, 11) is 0. The third kappa shape index (κ3) is 4.44. The maximum absolute atomic E-state index is 11.5. The number of aryl methyl sites for hydroxylation is 1. The minimum atomic E-state index is -0.264. The van der Waals surface area contributed by atoms with Gasteiger partial charge in [0.05, 0.1) is 10.7 Å². The van der Waals surface area contributed by atoms with Crippen molar-refractivity contribution in [2.45, 2.75) is 26.7 Å². The highest BCUT2D eigenvalue weighted by molar-refractivity contribution is 6.36. The van der Waals surface area contributed by atoms with E-state index in [9.17, 15) is 4.79 Å². The first-order chi connectivity index (χ1) is 8.04. The number of rotatable bonds is 4. The van der Waals surface area contributed by atoms with Crippen LogP contribution in [0.4, 0.5) is 10.5 Å². The van der Waals surface area contributed by atoms with Crippen molar-refractivity contribution in [2.75, 3.05) is 11.9 Å². The van der Waals surface area contributed by atoms with Crippen LogP contribution in [0.2, 0.25) is 10.0 Å². The van der Waals surface area contributed by atoms with Gasteiger partial charge in [-0.3, -0.25) is 0 Å². The Kier molecular flexibility index (Phi) is 5.59. The van der Waals surface area contributed by atoms with E-state index in [0.717, 1.165) is 18.4 Å². The van der Waals surface area contributed by atoms with Gasteiger partial charge in [0.1, 0.15) is 0 Å². The van der Waals surface area contributed by atoms with Gasteiger partial charge in [-0.2, -0.15) is 0 Å². The summed E-state index contributed by atoms with van der Waals surface area (Å²) < 4.78 is 0. The van der Waals surface area contributed by atoms with Crippen LogP contribution in [0, 0.1) is 6.92 Å². The maximum Gasteiger partial charge on any atom is 0.319 e. The van der Waals surface area contributed by atoms with Crippen molar-refractivity contribution in [3.05, 3.63) is 27.7 Å². The van der Waals surface area contributed by atoms with Crippen LogP contribution in [0.3, 0.4) is 0 Å². The number of unbranched alkanes of at least 4 members (excludes halogenated alkanes) is 1. The molecule has 1 aromatic carbocycles. The molecule has 0 fully saturated rings. The predicted molar refractivity (Wildman–Crippen MR) is 73.1 cm³/mol. The summed E-state index contributed by atoms with van der Waals surface area (Å²) in [6.45, 7) is 4.58. The predicted octanol–water partition coefficient (Wildman–Crippen LogP) is 4.22. The number of nitrogens with one attached hydrogen (secondary N) is 2. The molecule has 0 unspecified atom stereocenters. The normalized spacial score (nSPS) is 10.1. The minimum Gasteiger partial charge on any atom is -0.338 e. The summed E-state index contributed by atoms with van der Waals surface area (Å²) in [5.74, 6) is 0. The highest BCUT2D eigenvalue weighted by atomic mass is 35.5. The number of halogens is 2. The number of benzene rings is 1. The van der Waals surface area contributed by atoms with E-state index in [1.165, 1.54) is 0 Å². The summed E-state index contributed by atoms with van der Waals surface area (Å²) in [4.78, 5) is 11.5. The Morgan fingerprint density at radius 3 is 2.65 bits per heavy atom. The smallest absolute Gasteiger partial charge is 0.319 e. The molecule has 1 aromatic rings. The topological polar surface area (TPSA) is 41.1 Å². The second kappa shape index (κ2) is 6.72. The van der Waals surface area contributed by atoms with E-state index in [4.69, 9.17) is 23.2 Å². The molecule has 94 valence electrons. The Morgan fingerprint density at radius 2 is 2.00 bits per heavy atom. The number of urea groups is 1. The fourth-order valence-corrected chi connectivity index (χ4v) is 1.72. The molecule has 2 N–H and O–H groups in total. The molecule has 17 heavy (non-hydrogen) atoms. The standard InChI is InChI=1S/C12H16Cl2N2O/c1-3-4-5-15-12(17)16-11-7-9(13)8(2)6-10(11)14/h6-7H,3-5H2,1-2H3,(H2,15,16,17). The Balaban J connectivity index is 2.62. The molecule has 0 aromatic heterocycles. The quantitative estimate of drug-likeness (QED) is 0.793. The van der Waals surface area contributed by atoms with Crippen LogP contribution in [0.25, 0.3) is 0 Å². The first kappa shape index (κ1) is 14.1. The molecule has 0 saturated carbocycles. The zero-order valence-corrected chi connectivity index (χ0v) is 11.5. The van der Waals surface area contributed by atoms with Gasteiger partial charge >= 0.3 is 6.03 Å². The first-order valence-corrected chi connectivity index (χ1v) is 6.30. The average molecular weight is 275 g/mol. The van der Waals surface area contributed by atoms with Crippen molar-refractivity contribution in [2.24, 2.45) is 0 Å². The van der Waals surface area contributed by atoms with Gasteiger partial charge in [0, 0.05) is 11.6 Å². The SMILES string of the molecule is CCCCNC(=O)Nc1cc(Cl)c(C)cc1Cl. The van der Waals surface area contributed by atoms with E-state index in [1.54, 1.807) is 12.1 Å². The molecule has 2 amide bonds. The van der Waals surface area contributed by atoms with Crippen molar-refractivity contribution < 1.29 is 4.79 Å². The Hall–Kier alpha value is -0.930. The fraction of sp³-hybridized carbons (Fsp3) is 0.417. The molecule has 0 bridgehead atoms. The highest BCUT2D eigenvalue weighted by Gasteiger charge is 2.07. The Morgan fingerprint density at radius 1 is 1.29 bits per heavy atom. The van der Waals surface area contributed by atoms with E-state index in [1.807, 2.05) is 6.92 Å². The van der Waals surface area contributed by atoms with Crippen LogP contribution in [-0.2, 0) is 0 Å². The molecule has 0 heterocycles. The summed E-state index contributed by atoms with van der Waals surface area (Å²) >= 11 is 12.0. The van der Waals surface area contributed by atoms with Crippen LogP contribution in [-0.4, -0.2) is 12.6 Å². The lowest BCUT2D eigenvalue weighted by Crippen LogP contribution is -2.29. The second-order valence-corrected chi connectivity index (χ2v) is 4.63. The van der Waals surface area contributed by atoms with E-state index in [0.29, 0.717) is 22.3 Å². The largest absolute Gasteiger partial charge is 0.338 e.